The van der Waals surface area contributed by atoms with Crippen molar-refractivity contribution >= 4 is 23.0 Å². The van der Waals surface area contributed by atoms with Gasteiger partial charge in [-0.2, -0.15) is 0 Å². The molecular weight excluding hydrogens is 286 g/mol. The van der Waals surface area contributed by atoms with Gasteiger partial charge in [0.15, 0.2) is 6.54 Å². The van der Waals surface area contributed by atoms with E-state index >= 15 is 0 Å². The van der Waals surface area contributed by atoms with Crippen LogP contribution in [-0.2, 0) is 23.1 Å². The Kier molecular flexibility index (Phi) is 4.11. The van der Waals surface area contributed by atoms with Crippen LogP contribution in [0.4, 0.5) is 5.95 Å². The van der Waals surface area contributed by atoms with Crippen LogP contribution in [-0.4, -0.2) is 17.6 Å². The van der Waals surface area contributed by atoms with Crippen LogP contribution in [0.5, 0.6) is 0 Å². The van der Waals surface area contributed by atoms with Gasteiger partial charge in [-0.25, -0.2) is 13.9 Å². The van der Waals surface area contributed by atoms with Crippen molar-refractivity contribution in [3.05, 3.63) is 24.3 Å². The van der Waals surface area contributed by atoms with Crippen LogP contribution in [0.3, 0.4) is 0 Å². The zero-order chi connectivity index (χ0) is 11.7. The van der Waals surface area contributed by atoms with Crippen molar-refractivity contribution in [2.24, 2.45) is 7.05 Å². The Bertz CT molecular complexity index is 551. The molecule has 0 bridgehead atoms. The number of aromatic nitrogens is 2. The Labute approximate surface area is 110 Å². The van der Waals surface area contributed by atoms with Gasteiger partial charge in [0.2, 0.25) is 0 Å². The summed E-state index contributed by atoms with van der Waals surface area (Å²) in [5.74, 6) is 0.222. The summed E-state index contributed by atoms with van der Waals surface area (Å²) < 4.78 is 8.23. The Morgan fingerprint density at radius 1 is 1.47 bits per heavy atom. The van der Waals surface area contributed by atoms with Gasteiger partial charge in [0, 0.05) is 0 Å². The molecule has 92 valence electrons. The standard InChI is InChI=1S/C11H13N3O2.BrH/c1-13-8-5-3-4-6-9(8)14(11(13)12)7-10(15)16-2;/h3-6,12H,7H2,1-2H3;1H. The molecule has 0 saturated heterocycles. The summed E-state index contributed by atoms with van der Waals surface area (Å²) in [6.07, 6.45) is 0. The van der Waals surface area contributed by atoms with E-state index in [2.05, 4.69) is 4.74 Å². The van der Waals surface area contributed by atoms with Crippen LogP contribution in [0.25, 0.3) is 11.0 Å². The van der Waals surface area contributed by atoms with Crippen LogP contribution in [0.2, 0.25) is 0 Å². The van der Waals surface area contributed by atoms with E-state index in [9.17, 15) is 4.79 Å². The second kappa shape index (κ2) is 5.18. The molecule has 2 N–H and O–H groups in total. The summed E-state index contributed by atoms with van der Waals surface area (Å²) in [4.78, 5) is 11.3. The lowest BCUT2D eigenvalue weighted by molar-refractivity contribution is -0.630. The number of rotatable bonds is 2. The topological polar surface area (TPSA) is 61.1 Å². The van der Waals surface area contributed by atoms with Crippen molar-refractivity contribution in [2.45, 2.75) is 6.54 Å². The normalized spacial score (nSPS) is 10.0. The highest BCUT2D eigenvalue weighted by atomic mass is 79.9. The largest absolute Gasteiger partial charge is 1.00 e. The number of imidazole rings is 1. The number of hydrogen-bond donors (Lipinski definition) is 1. The summed E-state index contributed by atoms with van der Waals surface area (Å²) in [5.41, 5.74) is 7.85. The summed E-state index contributed by atoms with van der Waals surface area (Å²) >= 11 is 0. The molecule has 0 aliphatic rings. The van der Waals surface area contributed by atoms with Gasteiger partial charge < -0.3 is 21.7 Å². The van der Waals surface area contributed by atoms with E-state index in [4.69, 9.17) is 5.73 Å². The smallest absolute Gasteiger partial charge is 0.356 e. The van der Waals surface area contributed by atoms with Gasteiger partial charge >= 0.3 is 11.9 Å². The van der Waals surface area contributed by atoms with E-state index in [-0.39, 0.29) is 29.5 Å². The van der Waals surface area contributed by atoms with E-state index in [0.29, 0.717) is 5.95 Å². The maximum Gasteiger partial charge on any atom is 0.356 e. The second-order valence-corrected chi connectivity index (χ2v) is 3.57. The second-order valence-electron chi connectivity index (χ2n) is 3.57. The third kappa shape index (κ3) is 2.26. The maximum absolute atomic E-state index is 11.3. The molecule has 0 aliphatic carbocycles. The monoisotopic (exact) mass is 299 g/mol. The summed E-state index contributed by atoms with van der Waals surface area (Å²) in [6.45, 7) is 0.129. The van der Waals surface area contributed by atoms with E-state index in [0.717, 1.165) is 11.0 Å². The zero-order valence-electron chi connectivity index (χ0n) is 9.68. The Hall–Kier alpha value is -1.56. The number of nitrogen functional groups attached to an aromatic ring is 1. The SMILES string of the molecule is COC(=O)Cn1c(N)[n+](C)c2ccccc21.[Br-]. The number of methoxy groups -OCH3 is 1. The first-order valence-electron chi connectivity index (χ1n) is 4.94. The lowest BCUT2D eigenvalue weighted by atomic mass is 10.3. The molecule has 5 nitrogen and oxygen atoms in total. The van der Waals surface area contributed by atoms with Crippen molar-refractivity contribution in [3.63, 3.8) is 0 Å². The molecule has 0 spiro atoms. The number of hydrogen-bond acceptors (Lipinski definition) is 3. The molecule has 17 heavy (non-hydrogen) atoms. The highest BCUT2D eigenvalue weighted by Gasteiger charge is 2.20. The van der Waals surface area contributed by atoms with Crippen molar-refractivity contribution in [1.82, 2.24) is 4.57 Å². The number of nitrogens with two attached hydrogens (primary N) is 1. The van der Waals surface area contributed by atoms with E-state index in [1.54, 1.807) is 4.57 Å². The number of halogens is 1. The number of ether oxygens (including phenoxy) is 1. The number of aryl methyl sites for hydroxylation is 1. The molecule has 0 atom stereocenters. The summed E-state index contributed by atoms with van der Waals surface area (Å²) in [5, 5.41) is 0. The number of para-hydroxylation sites is 2. The minimum Gasteiger partial charge on any atom is -1.00 e. The van der Waals surface area contributed by atoms with Crippen molar-refractivity contribution in [2.75, 3.05) is 12.8 Å². The van der Waals surface area contributed by atoms with Gasteiger partial charge in [0.25, 0.3) is 0 Å². The fourth-order valence-electron chi connectivity index (χ4n) is 1.76. The van der Waals surface area contributed by atoms with Crippen LogP contribution in [0.15, 0.2) is 24.3 Å². The molecule has 1 heterocycles. The predicted molar refractivity (Wildman–Crippen MR) is 59.5 cm³/mol. The molecule has 0 aliphatic heterocycles. The molecule has 0 radical (unpaired) electrons. The molecule has 0 unspecified atom stereocenters. The Morgan fingerprint density at radius 3 is 2.76 bits per heavy atom. The number of nitrogens with zero attached hydrogens (tertiary/aromatic N) is 2. The van der Waals surface area contributed by atoms with Crippen LogP contribution >= 0.6 is 0 Å². The molecule has 1 aromatic heterocycles. The fourth-order valence-corrected chi connectivity index (χ4v) is 1.76. The minimum atomic E-state index is -0.312. The highest BCUT2D eigenvalue weighted by Crippen LogP contribution is 2.14. The van der Waals surface area contributed by atoms with Crippen LogP contribution in [0.1, 0.15) is 0 Å². The quantitative estimate of drug-likeness (QED) is 0.482. The molecule has 0 saturated carbocycles. The first-order chi connectivity index (χ1) is 7.65. The number of benzene rings is 1. The minimum absolute atomic E-state index is 0. The first kappa shape index (κ1) is 13.5. The van der Waals surface area contributed by atoms with Gasteiger partial charge in [-0.15, -0.1) is 0 Å². The summed E-state index contributed by atoms with van der Waals surface area (Å²) in [7, 11) is 3.23. The van der Waals surface area contributed by atoms with Crippen molar-refractivity contribution in [1.29, 1.82) is 0 Å². The Balaban J connectivity index is 0.00000144. The number of carbonyl (C=O) groups excluding carboxylic acids is 1. The van der Waals surface area contributed by atoms with Crippen molar-refractivity contribution in [3.8, 4) is 0 Å². The number of carbonyl (C=O) groups is 1. The van der Waals surface area contributed by atoms with Gasteiger partial charge in [-0.1, -0.05) is 12.1 Å². The fraction of sp³-hybridized carbons (Fsp3) is 0.273. The molecular formula is C11H14BrN3O2. The zero-order valence-corrected chi connectivity index (χ0v) is 11.3. The molecule has 6 heteroatoms. The molecule has 2 rings (SSSR count). The number of esters is 1. The lowest BCUT2D eigenvalue weighted by Gasteiger charge is -1.98. The molecule has 0 amide bonds. The molecule has 1 aromatic carbocycles. The third-order valence-corrected chi connectivity index (χ3v) is 2.67. The maximum atomic E-state index is 11.3. The third-order valence-electron chi connectivity index (χ3n) is 2.67. The van der Waals surface area contributed by atoms with Crippen molar-refractivity contribution < 1.29 is 31.1 Å². The lowest BCUT2D eigenvalue weighted by Crippen LogP contribution is -3.00. The van der Waals surface area contributed by atoms with Crippen LogP contribution in [0, 0.1) is 0 Å². The van der Waals surface area contributed by atoms with Gasteiger partial charge in [0.05, 0.1) is 14.2 Å². The predicted octanol–water partition coefficient (Wildman–Crippen LogP) is -2.77. The molecule has 2 aromatic rings. The molecule has 0 fully saturated rings. The van der Waals surface area contributed by atoms with Gasteiger partial charge in [0.1, 0.15) is 11.0 Å². The Morgan fingerprint density at radius 2 is 2.12 bits per heavy atom. The van der Waals surface area contributed by atoms with E-state index < -0.39 is 0 Å². The van der Waals surface area contributed by atoms with Crippen LogP contribution < -0.4 is 27.3 Å². The highest BCUT2D eigenvalue weighted by molar-refractivity contribution is 5.77. The average Bonchev–Trinajstić information content (AvgIpc) is 2.55. The number of anilines is 1. The van der Waals surface area contributed by atoms with E-state index in [1.807, 2.05) is 35.9 Å². The number of fused-ring (bicyclic) bond motifs is 1. The average molecular weight is 300 g/mol. The van der Waals surface area contributed by atoms with E-state index in [1.165, 1.54) is 7.11 Å². The summed E-state index contributed by atoms with van der Waals surface area (Å²) in [6, 6.07) is 7.73. The van der Waals surface area contributed by atoms with Gasteiger partial charge in [-0.3, -0.25) is 5.73 Å². The van der Waals surface area contributed by atoms with Gasteiger partial charge in [-0.05, 0) is 12.1 Å². The first-order valence-corrected chi connectivity index (χ1v) is 4.94.